The van der Waals surface area contributed by atoms with Crippen LogP contribution in [0, 0.1) is 0 Å². The molecule has 1 aliphatic rings. The van der Waals surface area contributed by atoms with Crippen molar-refractivity contribution in [2.45, 2.75) is 25.9 Å². The van der Waals surface area contributed by atoms with E-state index < -0.39 is 0 Å². The van der Waals surface area contributed by atoms with Crippen LogP contribution in [0.4, 0.5) is 0 Å². The Labute approximate surface area is 232 Å². The molecule has 2 aromatic heterocycles. The molecule has 6 heteroatoms. The fraction of sp³-hybridized carbons (Fsp3) is 0.212. The van der Waals surface area contributed by atoms with Gasteiger partial charge in [0.15, 0.2) is 0 Å². The second kappa shape index (κ2) is 10.6. The van der Waals surface area contributed by atoms with Crippen molar-refractivity contribution >= 4 is 49.6 Å². The van der Waals surface area contributed by atoms with Gasteiger partial charge in [0, 0.05) is 38.6 Å². The van der Waals surface area contributed by atoms with Crippen molar-refractivity contribution in [2.75, 3.05) is 19.7 Å². The van der Waals surface area contributed by atoms with Crippen LogP contribution in [0.25, 0.3) is 37.9 Å². The largest absolute Gasteiger partial charge is 0.475 e. The van der Waals surface area contributed by atoms with Gasteiger partial charge >= 0.3 is 0 Å². The maximum atomic E-state index is 6.08. The van der Waals surface area contributed by atoms with Gasteiger partial charge in [-0.05, 0) is 68.4 Å². The second-order valence-corrected chi connectivity index (χ2v) is 10.8. The standard InChI is InChI=1S/C33H30N4OS/c1-2-11-27-24(8-1)13-14-31-29-12-5-9-25(28(29)15-16-30(27)31)22-37-19-6-10-26(23-37)32-33(35-39-34-32)38-21-7-20-36-17-3-4-18-36/h1-5,8-18H,6-7,19-23H2. The van der Waals surface area contributed by atoms with E-state index in [0.717, 1.165) is 44.7 Å². The summed E-state index contributed by atoms with van der Waals surface area (Å²) in [4.78, 5) is 2.52. The number of aryl methyl sites for hydroxylation is 1. The first-order valence-corrected chi connectivity index (χ1v) is 14.4. The Morgan fingerprint density at radius 2 is 1.56 bits per heavy atom. The first-order chi connectivity index (χ1) is 19.3. The van der Waals surface area contributed by atoms with Crippen LogP contribution in [0.2, 0.25) is 0 Å². The molecule has 194 valence electrons. The second-order valence-electron chi connectivity index (χ2n) is 10.2. The number of benzene rings is 4. The summed E-state index contributed by atoms with van der Waals surface area (Å²) in [5, 5.41) is 7.89. The zero-order chi connectivity index (χ0) is 26.0. The number of hydrogen-bond donors (Lipinski definition) is 0. The Morgan fingerprint density at radius 1 is 0.769 bits per heavy atom. The fourth-order valence-corrected chi connectivity index (χ4v) is 6.35. The van der Waals surface area contributed by atoms with Gasteiger partial charge in [-0.3, -0.25) is 4.90 Å². The highest BCUT2D eigenvalue weighted by atomic mass is 32.1. The minimum atomic E-state index is 0.632. The van der Waals surface area contributed by atoms with Gasteiger partial charge in [-0.2, -0.15) is 4.37 Å². The number of rotatable bonds is 8. The highest BCUT2D eigenvalue weighted by Crippen LogP contribution is 2.34. The molecule has 0 unspecified atom stereocenters. The SMILES string of the molecule is C1=C(c2nsnc2OCCCn2cccc2)CN(Cc2cccc3c2ccc2c4ccccc4ccc32)CC1. The predicted octanol–water partition coefficient (Wildman–Crippen LogP) is 7.56. The Kier molecular flexibility index (Phi) is 6.56. The molecule has 0 amide bonds. The number of ether oxygens (including phenoxy) is 1. The van der Waals surface area contributed by atoms with Crippen LogP contribution in [-0.4, -0.2) is 37.9 Å². The van der Waals surface area contributed by atoms with Crippen molar-refractivity contribution in [1.29, 1.82) is 0 Å². The molecule has 4 aromatic carbocycles. The molecule has 5 nitrogen and oxygen atoms in total. The minimum absolute atomic E-state index is 0.632. The predicted molar refractivity (Wildman–Crippen MR) is 161 cm³/mol. The maximum absolute atomic E-state index is 6.08. The summed E-state index contributed by atoms with van der Waals surface area (Å²) in [5.74, 6) is 0.671. The molecular formula is C33H30N4OS. The van der Waals surface area contributed by atoms with Crippen LogP contribution in [0.15, 0.2) is 97.3 Å². The van der Waals surface area contributed by atoms with Crippen molar-refractivity contribution in [2.24, 2.45) is 0 Å². The molecule has 3 heterocycles. The van der Waals surface area contributed by atoms with Crippen molar-refractivity contribution in [3.8, 4) is 5.88 Å². The van der Waals surface area contributed by atoms with Gasteiger partial charge in [0.05, 0.1) is 18.3 Å². The van der Waals surface area contributed by atoms with Gasteiger partial charge in [0.25, 0.3) is 5.88 Å². The molecule has 0 bridgehead atoms. The third-order valence-corrected chi connectivity index (χ3v) is 8.24. The summed E-state index contributed by atoms with van der Waals surface area (Å²) in [6, 6.07) is 28.6. The fourth-order valence-electron chi connectivity index (χ4n) is 5.82. The molecule has 0 fully saturated rings. The van der Waals surface area contributed by atoms with E-state index >= 15 is 0 Å². The van der Waals surface area contributed by atoms with Crippen molar-refractivity contribution in [3.05, 3.63) is 109 Å². The van der Waals surface area contributed by atoms with Gasteiger partial charge in [0.1, 0.15) is 5.69 Å². The lowest BCUT2D eigenvalue weighted by molar-refractivity contribution is 0.287. The normalized spacial score (nSPS) is 14.3. The van der Waals surface area contributed by atoms with Gasteiger partial charge < -0.3 is 9.30 Å². The van der Waals surface area contributed by atoms with Crippen molar-refractivity contribution in [3.63, 3.8) is 0 Å². The molecule has 7 rings (SSSR count). The first kappa shape index (κ1) is 24.1. The van der Waals surface area contributed by atoms with E-state index in [1.54, 1.807) is 0 Å². The Balaban J connectivity index is 1.09. The van der Waals surface area contributed by atoms with Crippen LogP contribution in [-0.2, 0) is 13.1 Å². The van der Waals surface area contributed by atoms with E-state index in [9.17, 15) is 0 Å². The molecular weight excluding hydrogens is 500 g/mol. The Hall–Kier alpha value is -4.00. The molecule has 39 heavy (non-hydrogen) atoms. The van der Waals surface area contributed by atoms with Crippen LogP contribution in [0.5, 0.6) is 5.88 Å². The van der Waals surface area contributed by atoms with Crippen molar-refractivity contribution < 1.29 is 4.74 Å². The molecule has 1 aliphatic heterocycles. The zero-order valence-corrected chi connectivity index (χ0v) is 22.6. The van der Waals surface area contributed by atoms with Gasteiger partial charge in [-0.25, -0.2) is 0 Å². The average Bonchev–Trinajstić information content (AvgIpc) is 3.68. The van der Waals surface area contributed by atoms with Crippen LogP contribution in [0.1, 0.15) is 24.1 Å². The zero-order valence-electron chi connectivity index (χ0n) is 21.8. The van der Waals surface area contributed by atoms with E-state index in [0.29, 0.717) is 12.5 Å². The summed E-state index contributed by atoms with van der Waals surface area (Å²) < 4.78 is 17.3. The topological polar surface area (TPSA) is 43.2 Å². The molecule has 0 saturated carbocycles. The Morgan fingerprint density at radius 3 is 2.51 bits per heavy atom. The lowest BCUT2D eigenvalue weighted by Crippen LogP contribution is -2.29. The summed E-state index contributed by atoms with van der Waals surface area (Å²) in [6.45, 7) is 4.35. The molecule has 0 atom stereocenters. The molecule has 0 spiro atoms. The van der Waals surface area contributed by atoms with E-state index in [1.165, 1.54) is 55.2 Å². The number of hydrogen-bond acceptors (Lipinski definition) is 5. The highest BCUT2D eigenvalue weighted by molar-refractivity contribution is 6.99. The quantitative estimate of drug-likeness (QED) is 0.150. The summed E-state index contributed by atoms with van der Waals surface area (Å²) in [7, 11) is 0. The molecule has 6 aromatic rings. The first-order valence-electron chi connectivity index (χ1n) is 13.6. The Bertz CT molecular complexity index is 1790. The molecule has 0 radical (unpaired) electrons. The van der Waals surface area contributed by atoms with E-state index in [4.69, 9.17) is 4.74 Å². The van der Waals surface area contributed by atoms with Crippen molar-refractivity contribution in [1.82, 2.24) is 18.2 Å². The summed E-state index contributed by atoms with van der Waals surface area (Å²) >= 11 is 1.23. The number of nitrogens with zero attached hydrogens (tertiary/aromatic N) is 4. The van der Waals surface area contributed by atoms with Crippen LogP contribution < -0.4 is 4.74 Å². The highest BCUT2D eigenvalue weighted by Gasteiger charge is 2.21. The van der Waals surface area contributed by atoms with E-state index in [1.807, 2.05) is 12.1 Å². The minimum Gasteiger partial charge on any atom is -0.475 e. The van der Waals surface area contributed by atoms with E-state index in [2.05, 4.69) is 103 Å². The molecule has 0 N–H and O–H groups in total. The lowest BCUT2D eigenvalue weighted by atomic mass is 9.94. The molecule has 0 aliphatic carbocycles. The van der Waals surface area contributed by atoms with Crippen LogP contribution in [0.3, 0.4) is 0 Å². The average molecular weight is 531 g/mol. The number of aromatic nitrogens is 3. The lowest BCUT2D eigenvalue weighted by Gasteiger charge is -2.27. The maximum Gasteiger partial charge on any atom is 0.253 e. The monoisotopic (exact) mass is 530 g/mol. The third-order valence-electron chi connectivity index (χ3n) is 7.73. The van der Waals surface area contributed by atoms with E-state index in [-0.39, 0.29) is 0 Å². The summed E-state index contributed by atoms with van der Waals surface area (Å²) in [5.41, 5.74) is 3.48. The summed E-state index contributed by atoms with van der Waals surface area (Å²) in [6.07, 6.45) is 8.40. The van der Waals surface area contributed by atoms with Crippen LogP contribution >= 0.6 is 11.7 Å². The molecule has 0 saturated heterocycles. The third kappa shape index (κ3) is 4.82. The van der Waals surface area contributed by atoms with Gasteiger partial charge in [0.2, 0.25) is 0 Å². The number of fused-ring (bicyclic) bond motifs is 5. The smallest absolute Gasteiger partial charge is 0.253 e. The van der Waals surface area contributed by atoms with Gasteiger partial charge in [-0.1, -0.05) is 72.8 Å². The van der Waals surface area contributed by atoms with Gasteiger partial charge in [-0.15, -0.1) is 4.37 Å².